The average molecular weight is 388 g/mol. The van der Waals surface area contributed by atoms with Crippen LogP contribution < -0.4 is 5.32 Å². The van der Waals surface area contributed by atoms with Crippen molar-refractivity contribution in [2.45, 2.75) is 44.4 Å². The number of likely N-dealkylation sites (tertiary alicyclic amines) is 1. The van der Waals surface area contributed by atoms with Crippen molar-refractivity contribution in [2.24, 2.45) is 0 Å². The number of benzene rings is 2. The molecule has 0 bridgehead atoms. The van der Waals surface area contributed by atoms with E-state index in [4.69, 9.17) is 0 Å². The van der Waals surface area contributed by atoms with E-state index >= 15 is 0 Å². The Labute approximate surface area is 164 Å². The number of amides is 1. The molecule has 1 aliphatic rings. The fourth-order valence-corrected chi connectivity index (χ4v) is 3.56. The van der Waals surface area contributed by atoms with E-state index < -0.39 is 22.8 Å². The number of halogens is 2. The van der Waals surface area contributed by atoms with Gasteiger partial charge in [-0.15, -0.1) is 0 Å². The zero-order chi connectivity index (χ0) is 20.4. The van der Waals surface area contributed by atoms with Crippen molar-refractivity contribution in [1.82, 2.24) is 10.2 Å². The maximum Gasteiger partial charge on any atom is 0.256 e. The second-order valence-electron chi connectivity index (χ2n) is 7.95. The summed E-state index contributed by atoms with van der Waals surface area (Å²) in [4.78, 5) is 14.4. The predicted molar refractivity (Wildman–Crippen MR) is 103 cm³/mol. The Kier molecular flexibility index (Phi) is 5.82. The molecule has 1 amide bonds. The summed E-state index contributed by atoms with van der Waals surface area (Å²) in [6.07, 6.45) is 0.997. The summed E-state index contributed by atoms with van der Waals surface area (Å²) in [5.41, 5.74) is -0.391. The average Bonchev–Trinajstić information content (AvgIpc) is 2.68. The monoisotopic (exact) mass is 388 g/mol. The standard InChI is InChI=1S/C22H26F2N2O2/c1-21(2,17-7-4-3-5-8-17)25-15-22(28)11-6-12-26(20(22)27)14-16-9-10-18(23)19(24)13-16/h3-5,7-10,13,25,28H,6,11-12,14-15H2,1-2H3/t22-/m1/s1. The first-order chi connectivity index (χ1) is 13.2. The summed E-state index contributed by atoms with van der Waals surface area (Å²) in [6, 6.07) is 13.4. The van der Waals surface area contributed by atoms with Gasteiger partial charge in [-0.1, -0.05) is 36.4 Å². The smallest absolute Gasteiger partial charge is 0.256 e. The molecule has 1 saturated heterocycles. The van der Waals surface area contributed by atoms with Crippen LogP contribution in [0.2, 0.25) is 0 Å². The SMILES string of the molecule is CC(C)(NC[C@]1(O)CCCN(Cc2ccc(F)c(F)c2)C1=O)c1ccccc1. The van der Waals surface area contributed by atoms with Gasteiger partial charge in [0.1, 0.15) is 0 Å². The third kappa shape index (κ3) is 4.39. The first-order valence-electron chi connectivity index (χ1n) is 9.47. The minimum atomic E-state index is -1.52. The van der Waals surface area contributed by atoms with Gasteiger partial charge in [0.05, 0.1) is 0 Å². The second-order valence-corrected chi connectivity index (χ2v) is 7.95. The lowest BCUT2D eigenvalue weighted by Gasteiger charge is -2.40. The quantitative estimate of drug-likeness (QED) is 0.798. The van der Waals surface area contributed by atoms with Crippen LogP contribution in [-0.4, -0.2) is 34.6 Å². The first kappa shape index (κ1) is 20.4. The summed E-state index contributed by atoms with van der Waals surface area (Å²) in [5, 5.41) is 14.3. The van der Waals surface area contributed by atoms with E-state index in [1.165, 1.54) is 11.0 Å². The zero-order valence-electron chi connectivity index (χ0n) is 16.2. The highest BCUT2D eigenvalue weighted by Crippen LogP contribution is 2.27. The van der Waals surface area contributed by atoms with Crippen molar-refractivity contribution >= 4 is 5.91 Å². The minimum absolute atomic E-state index is 0.113. The van der Waals surface area contributed by atoms with Gasteiger partial charge in [-0.2, -0.15) is 0 Å². The van der Waals surface area contributed by atoms with Gasteiger partial charge in [0.25, 0.3) is 5.91 Å². The Balaban J connectivity index is 1.69. The molecule has 28 heavy (non-hydrogen) atoms. The summed E-state index contributed by atoms with van der Waals surface area (Å²) in [5.74, 6) is -2.25. The molecule has 4 nitrogen and oxygen atoms in total. The summed E-state index contributed by atoms with van der Waals surface area (Å²) >= 11 is 0. The van der Waals surface area contributed by atoms with Gasteiger partial charge in [-0.3, -0.25) is 4.79 Å². The van der Waals surface area contributed by atoms with Crippen molar-refractivity contribution in [2.75, 3.05) is 13.1 Å². The summed E-state index contributed by atoms with van der Waals surface area (Å²) in [7, 11) is 0. The van der Waals surface area contributed by atoms with Gasteiger partial charge < -0.3 is 15.3 Å². The van der Waals surface area contributed by atoms with Crippen molar-refractivity contribution in [3.63, 3.8) is 0 Å². The zero-order valence-corrected chi connectivity index (χ0v) is 16.2. The fraction of sp³-hybridized carbons (Fsp3) is 0.409. The normalized spacial score (nSPS) is 20.5. The first-order valence-corrected chi connectivity index (χ1v) is 9.47. The number of nitrogens with one attached hydrogen (secondary N) is 1. The van der Waals surface area contributed by atoms with Gasteiger partial charge in [-0.05, 0) is 49.9 Å². The molecule has 2 N–H and O–H groups in total. The molecular weight excluding hydrogens is 362 g/mol. The number of aliphatic hydroxyl groups is 1. The Bertz CT molecular complexity index is 842. The van der Waals surface area contributed by atoms with Gasteiger partial charge in [0.2, 0.25) is 0 Å². The van der Waals surface area contributed by atoms with Crippen LogP contribution >= 0.6 is 0 Å². The van der Waals surface area contributed by atoms with Crippen LogP contribution in [0.3, 0.4) is 0 Å². The molecular formula is C22H26F2N2O2. The molecule has 1 fully saturated rings. The van der Waals surface area contributed by atoms with Crippen molar-refractivity contribution in [3.05, 3.63) is 71.3 Å². The molecule has 0 radical (unpaired) electrons. The molecule has 1 aliphatic heterocycles. The van der Waals surface area contributed by atoms with E-state index in [1.54, 1.807) is 0 Å². The van der Waals surface area contributed by atoms with Crippen molar-refractivity contribution < 1.29 is 18.7 Å². The number of carbonyl (C=O) groups is 1. The molecule has 1 atom stereocenters. The largest absolute Gasteiger partial charge is 0.379 e. The Morgan fingerprint density at radius 1 is 1.14 bits per heavy atom. The van der Waals surface area contributed by atoms with Gasteiger partial charge in [0, 0.05) is 25.2 Å². The summed E-state index contributed by atoms with van der Waals surface area (Å²) < 4.78 is 26.6. The van der Waals surface area contributed by atoms with Crippen LogP contribution in [0.25, 0.3) is 0 Å². The Morgan fingerprint density at radius 3 is 2.54 bits per heavy atom. The lowest BCUT2D eigenvalue weighted by atomic mass is 9.88. The van der Waals surface area contributed by atoms with Crippen molar-refractivity contribution in [1.29, 1.82) is 0 Å². The number of piperidine rings is 1. The van der Waals surface area contributed by atoms with Gasteiger partial charge >= 0.3 is 0 Å². The third-order valence-corrected chi connectivity index (χ3v) is 5.38. The van der Waals surface area contributed by atoms with Crippen LogP contribution in [0.5, 0.6) is 0 Å². The molecule has 2 aromatic carbocycles. The van der Waals surface area contributed by atoms with E-state index in [-0.39, 0.29) is 19.0 Å². The highest BCUT2D eigenvalue weighted by atomic mass is 19.2. The molecule has 0 spiro atoms. The predicted octanol–water partition coefficient (Wildman–Crippen LogP) is 3.34. The lowest BCUT2D eigenvalue weighted by Crippen LogP contribution is -2.59. The molecule has 150 valence electrons. The summed E-state index contributed by atoms with van der Waals surface area (Å²) in [6.45, 7) is 4.72. The topological polar surface area (TPSA) is 52.6 Å². The second kappa shape index (κ2) is 7.97. The van der Waals surface area contributed by atoms with E-state index in [0.717, 1.165) is 17.7 Å². The third-order valence-electron chi connectivity index (χ3n) is 5.38. The molecule has 0 unspecified atom stereocenters. The van der Waals surface area contributed by atoms with E-state index in [2.05, 4.69) is 5.32 Å². The molecule has 1 heterocycles. The Hall–Kier alpha value is -2.31. The lowest BCUT2D eigenvalue weighted by molar-refractivity contribution is -0.157. The molecule has 3 rings (SSSR count). The molecule has 2 aromatic rings. The van der Waals surface area contributed by atoms with E-state index in [0.29, 0.717) is 24.9 Å². The number of hydrogen-bond acceptors (Lipinski definition) is 3. The molecule has 0 aromatic heterocycles. The minimum Gasteiger partial charge on any atom is -0.379 e. The number of nitrogens with zero attached hydrogens (tertiary/aromatic N) is 1. The number of rotatable bonds is 6. The van der Waals surface area contributed by atoms with Crippen molar-refractivity contribution in [3.8, 4) is 0 Å². The maximum atomic E-state index is 13.5. The Morgan fingerprint density at radius 2 is 1.86 bits per heavy atom. The van der Waals surface area contributed by atoms with Crippen LogP contribution in [-0.2, 0) is 16.9 Å². The fourth-order valence-electron chi connectivity index (χ4n) is 3.56. The van der Waals surface area contributed by atoms with Crippen LogP contribution in [0.1, 0.15) is 37.8 Å². The molecule has 0 aliphatic carbocycles. The van der Waals surface area contributed by atoms with E-state index in [1.807, 2.05) is 44.2 Å². The number of hydrogen-bond donors (Lipinski definition) is 2. The van der Waals surface area contributed by atoms with Crippen LogP contribution in [0.4, 0.5) is 8.78 Å². The highest BCUT2D eigenvalue weighted by molar-refractivity contribution is 5.86. The van der Waals surface area contributed by atoms with E-state index in [9.17, 15) is 18.7 Å². The maximum absolute atomic E-state index is 13.5. The highest BCUT2D eigenvalue weighted by Gasteiger charge is 2.43. The number of carbonyl (C=O) groups excluding carboxylic acids is 1. The van der Waals surface area contributed by atoms with Crippen LogP contribution in [0.15, 0.2) is 48.5 Å². The van der Waals surface area contributed by atoms with Gasteiger partial charge in [-0.25, -0.2) is 8.78 Å². The van der Waals surface area contributed by atoms with Crippen LogP contribution in [0, 0.1) is 11.6 Å². The van der Waals surface area contributed by atoms with Gasteiger partial charge in [0.15, 0.2) is 17.2 Å². The molecule has 6 heteroatoms. The molecule has 0 saturated carbocycles.